The van der Waals surface area contributed by atoms with E-state index in [2.05, 4.69) is 22.3 Å². The van der Waals surface area contributed by atoms with Crippen molar-refractivity contribution < 1.29 is 14.3 Å². The third-order valence-corrected chi connectivity index (χ3v) is 5.99. The van der Waals surface area contributed by atoms with Crippen molar-refractivity contribution in [3.63, 3.8) is 0 Å². The first-order valence-corrected chi connectivity index (χ1v) is 10.7. The summed E-state index contributed by atoms with van der Waals surface area (Å²) in [6, 6.07) is 15.9. The molecule has 2 fully saturated rings. The molecule has 1 N–H and O–H groups in total. The van der Waals surface area contributed by atoms with Crippen molar-refractivity contribution in [3.8, 4) is 11.5 Å². The van der Waals surface area contributed by atoms with Gasteiger partial charge in [-0.2, -0.15) is 0 Å². The highest BCUT2D eigenvalue weighted by Gasteiger charge is 2.22. The summed E-state index contributed by atoms with van der Waals surface area (Å²) < 4.78 is 11.2. The number of ether oxygens (including phenoxy) is 2. The summed E-state index contributed by atoms with van der Waals surface area (Å²) in [6.45, 7) is 1.87. The maximum absolute atomic E-state index is 12.6. The third-order valence-electron chi connectivity index (χ3n) is 5.99. The van der Waals surface area contributed by atoms with E-state index in [1.54, 1.807) is 7.11 Å². The normalized spacial score (nSPS) is 17.9. The lowest BCUT2D eigenvalue weighted by Gasteiger charge is -2.34. The summed E-state index contributed by atoms with van der Waals surface area (Å²) in [5.41, 5.74) is 1.90. The standard InChI is InChI=1S/C24H30N2O3/c1-28-21-12-8-20(9-13-21)26-16-14-19(15-17-26)25-24(27)18-6-10-23(11-7-18)29-22-4-2-3-5-22/h6-13,19,22H,2-5,14-17H2,1H3,(H,25,27). The molecular weight excluding hydrogens is 364 g/mol. The number of amides is 1. The van der Waals surface area contributed by atoms with Crippen LogP contribution in [0.15, 0.2) is 48.5 Å². The zero-order valence-electron chi connectivity index (χ0n) is 17.1. The van der Waals surface area contributed by atoms with E-state index < -0.39 is 0 Å². The summed E-state index contributed by atoms with van der Waals surface area (Å²) in [7, 11) is 1.68. The lowest BCUT2D eigenvalue weighted by Crippen LogP contribution is -2.44. The first kappa shape index (κ1) is 19.6. The summed E-state index contributed by atoms with van der Waals surface area (Å²) >= 11 is 0. The average molecular weight is 395 g/mol. The van der Waals surface area contributed by atoms with Crippen LogP contribution < -0.4 is 19.7 Å². The number of rotatable bonds is 6. The first-order chi connectivity index (χ1) is 14.2. The highest BCUT2D eigenvalue weighted by molar-refractivity contribution is 5.94. The molecule has 0 bridgehead atoms. The Morgan fingerprint density at radius 2 is 1.52 bits per heavy atom. The SMILES string of the molecule is COc1ccc(N2CCC(NC(=O)c3ccc(OC4CCCC4)cc3)CC2)cc1. The Bertz CT molecular complexity index is 790. The fraction of sp³-hybridized carbons (Fsp3) is 0.458. The number of hydrogen-bond donors (Lipinski definition) is 1. The van der Waals surface area contributed by atoms with Crippen molar-refractivity contribution in [2.75, 3.05) is 25.1 Å². The van der Waals surface area contributed by atoms with Crippen LogP contribution in [-0.4, -0.2) is 38.3 Å². The number of carbonyl (C=O) groups excluding carboxylic acids is 1. The maximum Gasteiger partial charge on any atom is 0.251 e. The Kier molecular flexibility index (Phi) is 6.23. The molecule has 1 aliphatic heterocycles. The molecule has 0 unspecified atom stereocenters. The molecule has 0 radical (unpaired) electrons. The zero-order chi connectivity index (χ0) is 20.1. The molecule has 1 amide bonds. The van der Waals surface area contributed by atoms with Crippen molar-refractivity contribution >= 4 is 11.6 Å². The molecule has 154 valence electrons. The van der Waals surface area contributed by atoms with Crippen LogP contribution in [0, 0.1) is 0 Å². The summed E-state index contributed by atoms with van der Waals surface area (Å²) in [5.74, 6) is 1.73. The topological polar surface area (TPSA) is 50.8 Å². The minimum absolute atomic E-state index is 0.000291. The van der Waals surface area contributed by atoms with Gasteiger partial charge in [-0.3, -0.25) is 4.79 Å². The Hall–Kier alpha value is -2.69. The van der Waals surface area contributed by atoms with Crippen LogP contribution in [0.5, 0.6) is 11.5 Å². The Morgan fingerprint density at radius 1 is 0.897 bits per heavy atom. The van der Waals surface area contributed by atoms with Crippen LogP contribution in [-0.2, 0) is 0 Å². The average Bonchev–Trinajstić information content (AvgIpc) is 3.28. The van der Waals surface area contributed by atoms with E-state index in [9.17, 15) is 4.79 Å². The highest BCUT2D eigenvalue weighted by atomic mass is 16.5. The largest absolute Gasteiger partial charge is 0.497 e. The van der Waals surface area contributed by atoms with Gasteiger partial charge in [-0.25, -0.2) is 0 Å². The minimum Gasteiger partial charge on any atom is -0.497 e. The molecule has 2 aromatic carbocycles. The fourth-order valence-electron chi connectivity index (χ4n) is 4.23. The van der Waals surface area contributed by atoms with E-state index in [0.29, 0.717) is 11.7 Å². The van der Waals surface area contributed by atoms with Gasteiger partial charge in [0, 0.05) is 30.4 Å². The number of methoxy groups -OCH3 is 1. The monoisotopic (exact) mass is 394 g/mol. The van der Waals surface area contributed by atoms with Crippen molar-refractivity contribution in [3.05, 3.63) is 54.1 Å². The minimum atomic E-state index is 0.000291. The molecule has 1 heterocycles. The smallest absolute Gasteiger partial charge is 0.251 e. The summed E-state index contributed by atoms with van der Waals surface area (Å²) in [4.78, 5) is 15.0. The number of piperidine rings is 1. The van der Waals surface area contributed by atoms with Crippen molar-refractivity contribution in [1.82, 2.24) is 5.32 Å². The number of carbonyl (C=O) groups is 1. The van der Waals surface area contributed by atoms with E-state index in [4.69, 9.17) is 9.47 Å². The lowest BCUT2D eigenvalue weighted by atomic mass is 10.0. The second-order valence-corrected chi connectivity index (χ2v) is 7.98. The Morgan fingerprint density at radius 3 is 2.14 bits per heavy atom. The molecule has 4 rings (SSSR count). The molecule has 2 aromatic rings. The van der Waals surface area contributed by atoms with E-state index >= 15 is 0 Å². The molecule has 29 heavy (non-hydrogen) atoms. The number of nitrogens with zero attached hydrogens (tertiary/aromatic N) is 1. The van der Waals surface area contributed by atoms with Gasteiger partial charge in [0.2, 0.25) is 0 Å². The predicted molar refractivity (Wildman–Crippen MR) is 115 cm³/mol. The molecule has 0 spiro atoms. The van der Waals surface area contributed by atoms with Gasteiger partial charge in [0.05, 0.1) is 13.2 Å². The first-order valence-electron chi connectivity index (χ1n) is 10.7. The van der Waals surface area contributed by atoms with Crippen molar-refractivity contribution in [2.45, 2.75) is 50.7 Å². The Balaban J connectivity index is 1.25. The molecule has 1 saturated heterocycles. The molecular formula is C24H30N2O3. The van der Waals surface area contributed by atoms with E-state index in [-0.39, 0.29) is 11.9 Å². The van der Waals surface area contributed by atoms with E-state index in [1.807, 2.05) is 36.4 Å². The molecule has 1 aliphatic carbocycles. The van der Waals surface area contributed by atoms with Gasteiger partial charge in [-0.1, -0.05) is 0 Å². The molecule has 0 atom stereocenters. The van der Waals surface area contributed by atoms with Gasteiger partial charge < -0.3 is 19.7 Å². The molecule has 0 aromatic heterocycles. The van der Waals surface area contributed by atoms with Crippen LogP contribution in [0.4, 0.5) is 5.69 Å². The molecule has 5 nitrogen and oxygen atoms in total. The highest BCUT2D eigenvalue weighted by Crippen LogP contribution is 2.25. The second-order valence-electron chi connectivity index (χ2n) is 7.98. The van der Waals surface area contributed by atoms with Gasteiger partial charge in [-0.15, -0.1) is 0 Å². The van der Waals surface area contributed by atoms with Gasteiger partial charge in [0.1, 0.15) is 11.5 Å². The van der Waals surface area contributed by atoms with Crippen molar-refractivity contribution in [1.29, 1.82) is 0 Å². The van der Waals surface area contributed by atoms with E-state index in [0.717, 1.165) is 50.3 Å². The molecule has 1 saturated carbocycles. The quantitative estimate of drug-likeness (QED) is 0.788. The van der Waals surface area contributed by atoms with Crippen LogP contribution >= 0.6 is 0 Å². The second kappa shape index (κ2) is 9.21. The molecule has 2 aliphatic rings. The number of hydrogen-bond acceptors (Lipinski definition) is 4. The Labute approximate surface area is 173 Å². The van der Waals surface area contributed by atoms with Crippen molar-refractivity contribution in [2.24, 2.45) is 0 Å². The zero-order valence-corrected chi connectivity index (χ0v) is 17.1. The number of anilines is 1. The van der Waals surface area contributed by atoms with Gasteiger partial charge in [-0.05, 0) is 87.1 Å². The number of benzene rings is 2. The van der Waals surface area contributed by atoms with Crippen LogP contribution in [0.25, 0.3) is 0 Å². The van der Waals surface area contributed by atoms with E-state index in [1.165, 1.54) is 18.5 Å². The van der Waals surface area contributed by atoms with Crippen LogP contribution in [0.3, 0.4) is 0 Å². The fourth-order valence-corrected chi connectivity index (χ4v) is 4.23. The number of nitrogens with one attached hydrogen (secondary N) is 1. The van der Waals surface area contributed by atoms with Gasteiger partial charge >= 0.3 is 0 Å². The maximum atomic E-state index is 12.6. The summed E-state index contributed by atoms with van der Waals surface area (Å²) in [6.07, 6.45) is 7.01. The van der Waals surface area contributed by atoms with Gasteiger partial charge in [0.15, 0.2) is 0 Å². The molecule has 5 heteroatoms. The van der Waals surface area contributed by atoms with Crippen LogP contribution in [0.2, 0.25) is 0 Å². The third kappa shape index (κ3) is 5.03. The van der Waals surface area contributed by atoms with Crippen LogP contribution in [0.1, 0.15) is 48.9 Å². The lowest BCUT2D eigenvalue weighted by molar-refractivity contribution is 0.0931. The predicted octanol–water partition coefficient (Wildman–Crippen LogP) is 4.42. The van der Waals surface area contributed by atoms with Gasteiger partial charge in [0.25, 0.3) is 5.91 Å². The summed E-state index contributed by atoms with van der Waals surface area (Å²) in [5, 5.41) is 3.19.